The van der Waals surface area contributed by atoms with Crippen LogP contribution < -0.4 is 5.32 Å². The highest BCUT2D eigenvalue weighted by atomic mass is 32.2. The van der Waals surface area contributed by atoms with Gasteiger partial charge in [0, 0.05) is 6.04 Å². The lowest BCUT2D eigenvalue weighted by atomic mass is 10.0. The molecule has 1 N–H and O–H groups in total. The van der Waals surface area contributed by atoms with Crippen LogP contribution in [-0.4, -0.2) is 20.7 Å². The van der Waals surface area contributed by atoms with Gasteiger partial charge in [-0.15, -0.1) is 0 Å². The van der Waals surface area contributed by atoms with Crippen LogP contribution in [0.3, 0.4) is 0 Å². The molecule has 106 valence electrons. The van der Waals surface area contributed by atoms with Crippen molar-refractivity contribution in [3.05, 3.63) is 29.6 Å². The Kier molecular flexibility index (Phi) is 4.26. The van der Waals surface area contributed by atoms with E-state index in [-0.39, 0.29) is 22.5 Å². The Morgan fingerprint density at radius 1 is 1.47 bits per heavy atom. The van der Waals surface area contributed by atoms with Gasteiger partial charge in [0.05, 0.1) is 10.6 Å². The van der Waals surface area contributed by atoms with E-state index >= 15 is 0 Å². The van der Waals surface area contributed by atoms with Gasteiger partial charge in [-0.2, -0.15) is 0 Å². The summed E-state index contributed by atoms with van der Waals surface area (Å²) in [5.41, 5.74) is 0.578. The van der Waals surface area contributed by atoms with Gasteiger partial charge in [0.2, 0.25) is 0 Å². The van der Waals surface area contributed by atoms with Crippen molar-refractivity contribution in [1.82, 2.24) is 5.32 Å². The molecule has 1 heterocycles. The third-order valence-electron chi connectivity index (χ3n) is 3.77. The van der Waals surface area contributed by atoms with Gasteiger partial charge in [0.25, 0.3) is 0 Å². The highest BCUT2D eigenvalue weighted by Gasteiger charge is 2.30. The van der Waals surface area contributed by atoms with Crippen LogP contribution in [0.1, 0.15) is 38.3 Å². The lowest BCUT2D eigenvalue weighted by Gasteiger charge is -2.27. The fourth-order valence-corrected chi connectivity index (χ4v) is 3.91. The summed E-state index contributed by atoms with van der Waals surface area (Å²) < 4.78 is 37.3. The summed E-state index contributed by atoms with van der Waals surface area (Å²) in [4.78, 5) is 0.279. The Morgan fingerprint density at radius 2 is 2.21 bits per heavy atom. The van der Waals surface area contributed by atoms with E-state index in [0.717, 1.165) is 13.0 Å². The first-order chi connectivity index (χ1) is 8.94. The molecule has 0 aliphatic carbocycles. The number of sulfone groups is 1. The first-order valence-corrected chi connectivity index (χ1v) is 8.35. The van der Waals surface area contributed by atoms with Crippen LogP contribution in [0.4, 0.5) is 4.39 Å². The van der Waals surface area contributed by atoms with Gasteiger partial charge >= 0.3 is 0 Å². The molecule has 0 saturated carbocycles. The molecule has 0 aromatic heterocycles. The molecule has 5 heteroatoms. The van der Waals surface area contributed by atoms with Crippen LogP contribution in [0.5, 0.6) is 0 Å². The van der Waals surface area contributed by atoms with Crippen molar-refractivity contribution < 1.29 is 12.8 Å². The standard InChI is InChI=1S/C14H20FNO2S/c1-3-10(2)9-16-13-6-7-19(17,18)14-5-4-11(15)8-12(13)14/h4-5,8,10,13,16H,3,6-7,9H2,1-2H3. The number of benzene rings is 1. The molecule has 1 aliphatic rings. The molecule has 1 aromatic carbocycles. The zero-order chi connectivity index (χ0) is 14.0. The van der Waals surface area contributed by atoms with Crippen molar-refractivity contribution in [2.75, 3.05) is 12.3 Å². The molecule has 0 amide bonds. The summed E-state index contributed by atoms with van der Waals surface area (Å²) in [6.07, 6.45) is 1.57. The SMILES string of the molecule is CCC(C)CNC1CCS(=O)(=O)c2ccc(F)cc21. The van der Waals surface area contributed by atoms with E-state index in [2.05, 4.69) is 19.2 Å². The van der Waals surface area contributed by atoms with Gasteiger partial charge in [-0.1, -0.05) is 20.3 Å². The van der Waals surface area contributed by atoms with E-state index in [1.807, 2.05) is 0 Å². The number of hydrogen-bond donors (Lipinski definition) is 1. The topological polar surface area (TPSA) is 46.2 Å². The highest BCUT2D eigenvalue weighted by Crippen LogP contribution is 2.32. The van der Waals surface area contributed by atoms with Crippen LogP contribution in [0.15, 0.2) is 23.1 Å². The van der Waals surface area contributed by atoms with Crippen LogP contribution >= 0.6 is 0 Å². The van der Waals surface area contributed by atoms with E-state index < -0.39 is 9.84 Å². The number of nitrogens with one attached hydrogen (secondary N) is 1. The summed E-state index contributed by atoms with van der Waals surface area (Å²) >= 11 is 0. The van der Waals surface area contributed by atoms with E-state index in [0.29, 0.717) is 17.9 Å². The summed E-state index contributed by atoms with van der Waals surface area (Å²) in [6.45, 7) is 5.07. The minimum Gasteiger partial charge on any atom is -0.310 e. The fourth-order valence-electron chi connectivity index (χ4n) is 2.31. The molecular weight excluding hydrogens is 265 g/mol. The van der Waals surface area contributed by atoms with Gasteiger partial charge in [-0.05, 0) is 42.6 Å². The monoisotopic (exact) mass is 285 g/mol. The van der Waals surface area contributed by atoms with Crippen molar-refractivity contribution in [3.63, 3.8) is 0 Å². The zero-order valence-electron chi connectivity index (χ0n) is 11.3. The van der Waals surface area contributed by atoms with Crippen molar-refractivity contribution in [1.29, 1.82) is 0 Å². The predicted molar refractivity (Wildman–Crippen MR) is 73.3 cm³/mol. The normalized spacial score (nSPS) is 22.8. The molecule has 19 heavy (non-hydrogen) atoms. The second-order valence-corrected chi connectivity index (χ2v) is 7.34. The van der Waals surface area contributed by atoms with Crippen molar-refractivity contribution >= 4 is 9.84 Å². The van der Waals surface area contributed by atoms with Crippen molar-refractivity contribution in [2.24, 2.45) is 5.92 Å². The Morgan fingerprint density at radius 3 is 2.89 bits per heavy atom. The third kappa shape index (κ3) is 3.15. The molecule has 0 bridgehead atoms. The minimum absolute atomic E-state index is 0.0665. The molecule has 0 radical (unpaired) electrons. The molecule has 3 nitrogen and oxygen atoms in total. The van der Waals surface area contributed by atoms with E-state index in [1.54, 1.807) is 0 Å². The molecule has 2 unspecified atom stereocenters. The molecule has 0 saturated heterocycles. The summed E-state index contributed by atoms with van der Waals surface area (Å²) in [6, 6.07) is 3.88. The second kappa shape index (κ2) is 5.59. The number of halogens is 1. The lowest BCUT2D eigenvalue weighted by molar-refractivity contribution is 0.426. The Bertz CT molecular complexity index is 557. The highest BCUT2D eigenvalue weighted by molar-refractivity contribution is 7.91. The first-order valence-electron chi connectivity index (χ1n) is 6.69. The average Bonchev–Trinajstić information content (AvgIpc) is 2.37. The van der Waals surface area contributed by atoms with Crippen molar-refractivity contribution in [3.8, 4) is 0 Å². The number of rotatable bonds is 4. The maximum absolute atomic E-state index is 13.4. The van der Waals surface area contributed by atoms with Gasteiger partial charge < -0.3 is 5.32 Å². The van der Waals surface area contributed by atoms with Gasteiger partial charge in [0.1, 0.15) is 5.82 Å². The average molecular weight is 285 g/mol. The Labute approximate surface area is 114 Å². The minimum atomic E-state index is -3.24. The van der Waals surface area contributed by atoms with Gasteiger partial charge in [-0.25, -0.2) is 12.8 Å². The largest absolute Gasteiger partial charge is 0.310 e. The van der Waals surface area contributed by atoms with E-state index in [9.17, 15) is 12.8 Å². The van der Waals surface area contributed by atoms with Crippen LogP contribution in [-0.2, 0) is 9.84 Å². The molecule has 1 aromatic rings. The summed E-state index contributed by atoms with van der Waals surface area (Å²) in [5, 5.41) is 3.36. The maximum Gasteiger partial charge on any atom is 0.178 e. The zero-order valence-corrected chi connectivity index (χ0v) is 12.1. The second-order valence-electron chi connectivity index (χ2n) is 5.26. The maximum atomic E-state index is 13.4. The Hall–Kier alpha value is -0.940. The quantitative estimate of drug-likeness (QED) is 0.865. The molecule has 0 spiro atoms. The smallest absolute Gasteiger partial charge is 0.178 e. The Balaban J connectivity index is 2.27. The first kappa shape index (κ1) is 14.5. The van der Waals surface area contributed by atoms with Crippen LogP contribution in [0.2, 0.25) is 0 Å². The van der Waals surface area contributed by atoms with E-state index in [4.69, 9.17) is 0 Å². The fraction of sp³-hybridized carbons (Fsp3) is 0.571. The lowest BCUT2D eigenvalue weighted by Crippen LogP contribution is -2.32. The number of hydrogen-bond acceptors (Lipinski definition) is 3. The summed E-state index contributed by atoms with van der Waals surface area (Å²) in [5.74, 6) is 0.269. The molecule has 1 aliphatic heterocycles. The molecule has 2 atom stereocenters. The van der Waals surface area contributed by atoms with Crippen LogP contribution in [0, 0.1) is 11.7 Å². The molecule has 2 rings (SSSR count). The van der Waals surface area contributed by atoms with Crippen molar-refractivity contribution in [2.45, 2.75) is 37.6 Å². The van der Waals surface area contributed by atoms with E-state index in [1.165, 1.54) is 18.2 Å². The van der Waals surface area contributed by atoms with Gasteiger partial charge in [0.15, 0.2) is 9.84 Å². The van der Waals surface area contributed by atoms with Gasteiger partial charge in [-0.3, -0.25) is 0 Å². The summed E-state index contributed by atoms with van der Waals surface area (Å²) in [7, 11) is -3.24. The third-order valence-corrected chi connectivity index (χ3v) is 5.58. The molecular formula is C14H20FNO2S. The molecule has 0 fully saturated rings. The number of fused-ring (bicyclic) bond motifs is 1. The predicted octanol–water partition coefficient (Wildman–Crippen LogP) is 2.68. The van der Waals surface area contributed by atoms with Crippen LogP contribution in [0.25, 0.3) is 0 Å².